The van der Waals surface area contributed by atoms with Crippen molar-refractivity contribution in [2.75, 3.05) is 0 Å². The Hall–Kier alpha value is -4.87. The number of hydrogen-bond acceptors (Lipinski definition) is 9. The molecule has 0 fully saturated rings. The highest BCUT2D eigenvalue weighted by Gasteiger charge is 2.16. The minimum absolute atomic E-state index is 0.0815. The van der Waals surface area contributed by atoms with Gasteiger partial charge < -0.3 is 15.1 Å². The van der Waals surface area contributed by atoms with Crippen LogP contribution < -0.4 is 16.4 Å². The summed E-state index contributed by atoms with van der Waals surface area (Å²) in [7, 11) is 0. The molecule has 0 aliphatic heterocycles. The summed E-state index contributed by atoms with van der Waals surface area (Å²) in [5.41, 5.74) is 2.38. The van der Waals surface area contributed by atoms with Crippen LogP contribution in [0, 0.1) is 0 Å². The largest absolute Gasteiger partial charge is 0.443 e. The van der Waals surface area contributed by atoms with Gasteiger partial charge in [0.05, 0.1) is 0 Å². The SMILES string of the molecule is C/C=C/[C@H](CC/C=C/[C@H](C)c1noc(=O)[nH]1)NC(=O)c1cc(C(=O)NCc2ccc3ocnc3c2)ncn1. The normalized spacial score (nSPS) is 13.2. The van der Waals surface area contributed by atoms with Gasteiger partial charge in [0.1, 0.15) is 23.2 Å². The second kappa shape index (κ2) is 12.4. The van der Waals surface area contributed by atoms with Gasteiger partial charge in [0, 0.05) is 24.6 Å². The van der Waals surface area contributed by atoms with E-state index in [1.165, 1.54) is 18.8 Å². The summed E-state index contributed by atoms with van der Waals surface area (Å²) in [6, 6.07) is 6.55. The maximum atomic E-state index is 12.9. The van der Waals surface area contributed by atoms with Crippen LogP contribution in [-0.4, -0.2) is 42.9 Å². The highest BCUT2D eigenvalue weighted by molar-refractivity contribution is 5.97. The van der Waals surface area contributed by atoms with E-state index in [9.17, 15) is 14.4 Å². The van der Waals surface area contributed by atoms with Gasteiger partial charge >= 0.3 is 5.76 Å². The van der Waals surface area contributed by atoms with Gasteiger partial charge in [-0.15, -0.1) is 0 Å². The van der Waals surface area contributed by atoms with Crippen molar-refractivity contribution in [1.82, 2.24) is 35.7 Å². The van der Waals surface area contributed by atoms with Crippen LogP contribution in [0.25, 0.3) is 11.1 Å². The van der Waals surface area contributed by atoms with Crippen molar-refractivity contribution in [3.05, 3.63) is 94.6 Å². The molecule has 12 heteroatoms. The number of H-pyrrole nitrogens is 1. The summed E-state index contributed by atoms with van der Waals surface area (Å²) in [5, 5.41) is 9.39. The summed E-state index contributed by atoms with van der Waals surface area (Å²) in [6.45, 7) is 4.01. The van der Waals surface area contributed by atoms with E-state index >= 15 is 0 Å². The quantitative estimate of drug-likeness (QED) is 0.253. The number of nitrogens with zero attached hydrogens (tertiary/aromatic N) is 4. The van der Waals surface area contributed by atoms with Crippen LogP contribution in [0.15, 0.2) is 75.0 Å². The van der Waals surface area contributed by atoms with Crippen molar-refractivity contribution in [2.45, 2.75) is 45.2 Å². The molecule has 0 aliphatic carbocycles. The van der Waals surface area contributed by atoms with E-state index in [2.05, 4.69) is 40.2 Å². The molecule has 3 aromatic heterocycles. The molecule has 0 spiro atoms. The molecule has 4 aromatic rings. The maximum absolute atomic E-state index is 12.9. The zero-order valence-electron chi connectivity index (χ0n) is 20.9. The fourth-order valence-electron chi connectivity index (χ4n) is 3.69. The number of fused-ring (bicyclic) bond motifs is 1. The number of nitrogens with one attached hydrogen (secondary N) is 3. The van der Waals surface area contributed by atoms with Crippen molar-refractivity contribution in [3.8, 4) is 0 Å². The molecule has 0 aliphatic rings. The van der Waals surface area contributed by atoms with Crippen LogP contribution in [0.4, 0.5) is 0 Å². The van der Waals surface area contributed by atoms with Gasteiger partial charge in [-0.25, -0.2) is 19.7 Å². The molecule has 0 unspecified atom stereocenters. The monoisotopic (exact) mass is 517 g/mol. The average molecular weight is 518 g/mol. The van der Waals surface area contributed by atoms with Crippen molar-refractivity contribution in [1.29, 1.82) is 0 Å². The van der Waals surface area contributed by atoms with E-state index < -0.39 is 17.6 Å². The Bertz CT molecular complexity index is 1520. The molecule has 0 bridgehead atoms. The van der Waals surface area contributed by atoms with Crippen LogP contribution in [0.3, 0.4) is 0 Å². The summed E-state index contributed by atoms with van der Waals surface area (Å²) in [6.07, 6.45) is 11.4. The number of rotatable bonds is 11. The lowest BCUT2D eigenvalue weighted by molar-refractivity contribution is 0.0937. The smallest absolute Gasteiger partial charge is 0.438 e. The van der Waals surface area contributed by atoms with E-state index in [4.69, 9.17) is 4.42 Å². The molecule has 38 heavy (non-hydrogen) atoms. The number of aromatic amines is 1. The Labute approximate surface area is 217 Å². The molecule has 2 atom stereocenters. The molecule has 2 amide bonds. The Kier molecular flexibility index (Phi) is 8.54. The molecular weight excluding hydrogens is 490 g/mol. The number of aromatic nitrogens is 5. The maximum Gasteiger partial charge on any atom is 0.438 e. The van der Waals surface area contributed by atoms with Crippen LogP contribution >= 0.6 is 0 Å². The predicted molar refractivity (Wildman–Crippen MR) is 137 cm³/mol. The molecule has 1 aromatic carbocycles. The topological polar surface area (TPSA) is 169 Å². The van der Waals surface area contributed by atoms with Gasteiger partial charge in [-0.1, -0.05) is 42.5 Å². The lowest BCUT2D eigenvalue weighted by Crippen LogP contribution is -2.34. The molecule has 0 saturated carbocycles. The number of benzene rings is 1. The molecule has 0 saturated heterocycles. The Morgan fingerprint density at radius 1 is 1.11 bits per heavy atom. The van der Waals surface area contributed by atoms with E-state index in [0.717, 1.165) is 5.56 Å². The van der Waals surface area contributed by atoms with Gasteiger partial charge in [0.2, 0.25) is 0 Å². The Morgan fingerprint density at radius 3 is 2.68 bits per heavy atom. The Morgan fingerprint density at radius 2 is 1.92 bits per heavy atom. The van der Waals surface area contributed by atoms with E-state index in [1.807, 2.05) is 50.3 Å². The first kappa shape index (κ1) is 26.2. The summed E-state index contributed by atoms with van der Waals surface area (Å²) in [4.78, 5) is 51.3. The first-order valence-electron chi connectivity index (χ1n) is 12.0. The number of carbonyl (C=O) groups excluding carboxylic acids is 2. The average Bonchev–Trinajstić information content (AvgIpc) is 3.58. The van der Waals surface area contributed by atoms with E-state index in [0.29, 0.717) is 29.8 Å². The van der Waals surface area contributed by atoms with Crippen molar-refractivity contribution >= 4 is 22.9 Å². The highest BCUT2D eigenvalue weighted by atomic mass is 16.5. The molecule has 3 heterocycles. The summed E-state index contributed by atoms with van der Waals surface area (Å²) >= 11 is 0. The fourth-order valence-corrected chi connectivity index (χ4v) is 3.69. The van der Waals surface area contributed by atoms with Crippen LogP contribution in [-0.2, 0) is 6.54 Å². The number of amides is 2. The van der Waals surface area contributed by atoms with Crippen molar-refractivity contribution < 1.29 is 18.5 Å². The molecule has 12 nitrogen and oxygen atoms in total. The van der Waals surface area contributed by atoms with Crippen molar-refractivity contribution in [3.63, 3.8) is 0 Å². The highest BCUT2D eigenvalue weighted by Crippen LogP contribution is 2.14. The van der Waals surface area contributed by atoms with Gasteiger partial charge in [0.25, 0.3) is 11.8 Å². The molecule has 0 radical (unpaired) electrons. The molecule has 196 valence electrons. The first-order chi connectivity index (χ1) is 18.4. The third kappa shape index (κ3) is 6.87. The zero-order valence-corrected chi connectivity index (χ0v) is 20.9. The fraction of sp³-hybridized carbons (Fsp3) is 0.269. The third-order valence-electron chi connectivity index (χ3n) is 5.68. The second-order valence-corrected chi connectivity index (χ2v) is 8.51. The second-order valence-electron chi connectivity index (χ2n) is 8.51. The minimum Gasteiger partial charge on any atom is -0.443 e. The standard InChI is InChI=1S/C26H27N7O5/c1-3-6-18(8-5-4-7-16(2)23-32-26(36)38-33-23)31-25(35)21-12-20(28-14-29-21)24(34)27-13-17-9-10-22-19(11-17)30-15-37-22/h3-4,6-7,9-12,14-16,18H,5,8,13H2,1-2H3,(H,27,34)(H,31,35)(H,32,33,36)/b6-3+,7-4+/t16-,18+/m0/s1. The number of hydrogen-bond donors (Lipinski definition) is 3. The summed E-state index contributed by atoms with van der Waals surface area (Å²) < 4.78 is 9.75. The van der Waals surface area contributed by atoms with Gasteiger partial charge in [-0.3, -0.25) is 19.1 Å². The number of carbonyl (C=O) groups is 2. The van der Waals surface area contributed by atoms with Gasteiger partial charge in [-0.2, -0.15) is 0 Å². The minimum atomic E-state index is -0.591. The van der Waals surface area contributed by atoms with Crippen LogP contribution in [0.1, 0.15) is 65.0 Å². The van der Waals surface area contributed by atoms with Gasteiger partial charge in [0.15, 0.2) is 17.8 Å². The van der Waals surface area contributed by atoms with Crippen LogP contribution in [0.2, 0.25) is 0 Å². The Balaban J connectivity index is 1.31. The van der Waals surface area contributed by atoms with Crippen LogP contribution in [0.5, 0.6) is 0 Å². The lowest BCUT2D eigenvalue weighted by atomic mass is 10.1. The lowest BCUT2D eigenvalue weighted by Gasteiger charge is -2.14. The van der Waals surface area contributed by atoms with E-state index in [1.54, 1.807) is 6.07 Å². The zero-order chi connectivity index (χ0) is 26.9. The summed E-state index contributed by atoms with van der Waals surface area (Å²) in [5.74, 6) is -1.11. The molecule has 4 rings (SSSR count). The van der Waals surface area contributed by atoms with E-state index in [-0.39, 0.29) is 29.9 Å². The number of allylic oxidation sites excluding steroid dienone is 3. The number of oxazole rings is 1. The molecule has 3 N–H and O–H groups in total. The predicted octanol–water partition coefficient (Wildman–Crippen LogP) is 3.04. The van der Waals surface area contributed by atoms with Gasteiger partial charge in [-0.05, 0) is 37.5 Å². The molecular formula is C26H27N7O5. The van der Waals surface area contributed by atoms with Crippen molar-refractivity contribution in [2.24, 2.45) is 0 Å². The third-order valence-corrected chi connectivity index (χ3v) is 5.68. The first-order valence-corrected chi connectivity index (χ1v) is 12.0.